The number of thiophene rings is 1. The molecule has 0 saturated carbocycles. The van der Waals surface area contributed by atoms with Crippen molar-refractivity contribution < 1.29 is 23.4 Å². The Labute approximate surface area is 260 Å². The van der Waals surface area contributed by atoms with E-state index in [4.69, 9.17) is 14.8 Å². The van der Waals surface area contributed by atoms with Crippen LogP contribution in [0.2, 0.25) is 0 Å². The van der Waals surface area contributed by atoms with Gasteiger partial charge in [-0.3, -0.25) is 14.2 Å². The molecule has 0 aliphatic carbocycles. The van der Waals surface area contributed by atoms with Gasteiger partial charge < -0.3 is 14.7 Å². The molecular formula is C33H28F2N6O3S. The first kappa shape index (κ1) is 28.8. The van der Waals surface area contributed by atoms with Crippen molar-refractivity contribution in [1.82, 2.24) is 29.4 Å². The highest BCUT2D eigenvalue weighted by molar-refractivity contribution is 7.18. The number of rotatable bonds is 7. The number of halogens is 2. The summed E-state index contributed by atoms with van der Waals surface area (Å²) in [6.45, 7) is 4.55. The Balaban J connectivity index is 1.47. The second-order valence-corrected chi connectivity index (χ2v) is 11.7. The fourth-order valence-corrected chi connectivity index (χ4v) is 6.85. The fraction of sp³-hybridized carbons (Fsp3) is 0.212. The van der Waals surface area contributed by atoms with Gasteiger partial charge in [-0.25, -0.2) is 13.8 Å². The molecule has 0 saturated heterocycles. The molecule has 1 aliphatic rings. The highest BCUT2D eigenvalue weighted by atomic mass is 32.1. The van der Waals surface area contributed by atoms with Gasteiger partial charge in [0.05, 0.1) is 29.9 Å². The van der Waals surface area contributed by atoms with E-state index in [-0.39, 0.29) is 30.4 Å². The van der Waals surface area contributed by atoms with Crippen molar-refractivity contribution in [2.75, 3.05) is 26.3 Å². The average molecular weight is 627 g/mol. The Bertz CT molecular complexity index is 2090. The third-order valence-corrected chi connectivity index (χ3v) is 8.86. The Morgan fingerprint density at radius 1 is 1.09 bits per heavy atom. The van der Waals surface area contributed by atoms with Gasteiger partial charge in [-0.1, -0.05) is 18.7 Å². The van der Waals surface area contributed by atoms with Crippen LogP contribution in [-0.2, 0) is 24.8 Å². The molecule has 4 aromatic heterocycles. The molecule has 2 aromatic carbocycles. The van der Waals surface area contributed by atoms with E-state index in [1.807, 2.05) is 53.6 Å². The molecule has 0 fully saturated rings. The van der Waals surface area contributed by atoms with Crippen LogP contribution >= 0.6 is 11.3 Å². The first-order valence-electron chi connectivity index (χ1n) is 14.4. The standard InChI is InChI=1S/C33H28F2N6O3S/c1-3-28(43)40-8-6-22-17-26(38-41(22)10-9-40)32-30(29-24(35)15-21(34)16-27(29)44-12-11-42)33-23(7-13-45-33)31(36-32)19-4-5-20-18-39(2)37-25(20)14-19/h3-5,7,13-18,42H,1,6,8-12H2,2H3. The molecular weight excluding hydrogens is 598 g/mol. The minimum Gasteiger partial charge on any atom is -0.490 e. The lowest BCUT2D eigenvalue weighted by molar-refractivity contribution is -0.126. The SMILES string of the molecule is C=CC(=O)N1CCc2cc(-c3nc(-c4ccc5cn(C)nc5c4)c4ccsc4c3-c3c(F)cc(F)cc3OCCO)nn2CC1. The van der Waals surface area contributed by atoms with Gasteiger partial charge >= 0.3 is 0 Å². The van der Waals surface area contributed by atoms with Crippen LogP contribution in [-0.4, -0.2) is 66.8 Å². The normalized spacial score (nSPS) is 13.3. The zero-order valence-electron chi connectivity index (χ0n) is 24.3. The van der Waals surface area contributed by atoms with Crippen LogP contribution in [0.25, 0.3) is 54.8 Å². The van der Waals surface area contributed by atoms with E-state index in [1.54, 1.807) is 9.58 Å². The predicted octanol–water partition coefficient (Wildman–Crippen LogP) is 5.60. The van der Waals surface area contributed by atoms with E-state index in [9.17, 15) is 14.3 Å². The van der Waals surface area contributed by atoms with Crippen LogP contribution < -0.4 is 4.74 Å². The molecule has 7 rings (SSSR count). The van der Waals surface area contributed by atoms with E-state index in [0.717, 1.165) is 44.4 Å². The Morgan fingerprint density at radius 3 is 2.78 bits per heavy atom. The molecule has 6 aromatic rings. The van der Waals surface area contributed by atoms with Gasteiger partial charge in [-0.2, -0.15) is 10.2 Å². The number of amides is 1. The molecule has 0 spiro atoms. The Morgan fingerprint density at radius 2 is 1.96 bits per heavy atom. The van der Waals surface area contributed by atoms with E-state index < -0.39 is 11.6 Å². The summed E-state index contributed by atoms with van der Waals surface area (Å²) in [5.74, 6) is -1.79. The number of carbonyl (C=O) groups excluding carboxylic acids is 1. The second kappa shape index (κ2) is 11.5. The number of nitrogens with zero attached hydrogens (tertiary/aromatic N) is 6. The first-order chi connectivity index (χ1) is 21.8. The molecule has 5 heterocycles. The minimum atomic E-state index is -0.817. The number of pyridine rings is 1. The van der Waals surface area contributed by atoms with Crippen LogP contribution in [0.15, 0.2) is 66.7 Å². The summed E-state index contributed by atoms with van der Waals surface area (Å²) >= 11 is 1.41. The maximum atomic E-state index is 15.9. The van der Waals surface area contributed by atoms with Crippen molar-refractivity contribution in [2.24, 2.45) is 7.05 Å². The lowest BCUT2D eigenvalue weighted by Gasteiger charge is -2.18. The number of hydrogen-bond acceptors (Lipinski definition) is 7. The lowest BCUT2D eigenvalue weighted by atomic mass is 9.96. The monoisotopic (exact) mass is 626 g/mol. The van der Waals surface area contributed by atoms with Crippen molar-refractivity contribution >= 4 is 38.2 Å². The van der Waals surface area contributed by atoms with Gasteiger partial charge in [0.1, 0.15) is 35.4 Å². The lowest BCUT2D eigenvalue weighted by Crippen LogP contribution is -2.32. The molecule has 0 radical (unpaired) electrons. The number of hydrogen-bond donors (Lipinski definition) is 1. The number of aliphatic hydroxyl groups is 1. The highest BCUT2D eigenvalue weighted by Crippen LogP contribution is 2.47. The summed E-state index contributed by atoms with van der Waals surface area (Å²) in [7, 11) is 1.87. The molecule has 0 bridgehead atoms. The highest BCUT2D eigenvalue weighted by Gasteiger charge is 2.28. The first-order valence-corrected chi connectivity index (χ1v) is 15.3. The molecule has 0 atom stereocenters. The van der Waals surface area contributed by atoms with E-state index in [0.29, 0.717) is 48.7 Å². The number of aromatic nitrogens is 5. The second-order valence-electron chi connectivity index (χ2n) is 10.8. The van der Waals surface area contributed by atoms with Crippen LogP contribution in [0.1, 0.15) is 5.69 Å². The molecule has 45 heavy (non-hydrogen) atoms. The van der Waals surface area contributed by atoms with Gasteiger partial charge in [0.2, 0.25) is 5.91 Å². The predicted molar refractivity (Wildman–Crippen MR) is 169 cm³/mol. The quantitative estimate of drug-likeness (QED) is 0.232. The molecule has 1 N–H and O–H groups in total. The maximum Gasteiger partial charge on any atom is 0.246 e. The summed E-state index contributed by atoms with van der Waals surface area (Å²) in [4.78, 5) is 19.2. The van der Waals surface area contributed by atoms with Crippen molar-refractivity contribution in [2.45, 2.75) is 13.0 Å². The summed E-state index contributed by atoms with van der Waals surface area (Å²) in [5.41, 5.74) is 4.58. The van der Waals surface area contributed by atoms with E-state index in [2.05, 4.69) is 11.7 Å². The van der Waals surface area contributed by atoms with E-state index >= 15 is 4.39 Å². The zero-order valence-corrected chi connectivity index (χ0v) is 25.2. The van der Waals surface area contributed by atoms with Crippen LogP contribution in [0, 0.1) is 11.6 Å². The van der Waals surface area contributed by atoms with Gasteiger partial charge in [-0.05, 0) is 29.7 Å². The third kappa shape index (κ3) is 5.15. The van der Waals surface area contributed by atoms with Crippen LogP contribution in [0.5, 0.6) is 5.75 Å². The van der Waals surface area contributed by atoms with Crippen LogP contribution in [0.3, 0.4) is 0 Å². The number of fused-ring (bicyclic) bond motifs is 3. The number of ether oxygens (including phenoxy) is 1. The van der Waals surface area contributed by atoms with Gasteiger partial charge in [0.25, 0.3) is 0 Å². The van der Waals surface area contributed by atoms with Crippen molar-refractivity contribution in [1.29, 1.82) is 0 Å². The smallest absolute Gasteiger partial charge is 0.246 e. The molecule has 9 nitrogen and oxygen atoms in total. The summed E-state index contributed by atoms with van der Waals surface area (Å²) in [5, 5.41) is 22.6. The van der Waals surface area contributed by atoms with Gasteiger partial charge in [0.15, 0.2) is 0 Å². The maximum absolute atomic E-state index is 15.9. The van der Waals surface area contributed by atoms with E-state index in [1.165, 1.54) is 17.4 Å². The molecule has 0 unspecified atom stereocenters. The Kier molecular flexibility index (Phi) is 7.38. The minimum absolute atomic E-state index is 0.0393. The summed E-state index contributed by atoms with van der Waals surface area (Å²) in [6, 6.07) is 11.7. The number of benzene rings is 2. The summed E-state index contributed by atoms with van der Waals surface area (Å²) in [6.07, 6.45) is 3.81. The summed E-state index contributed by atoms with van der Waals surface area (Å²) < 4.78 is 40.4. The molecule has 12 heteroatoms. The van der Waals surface area contributed by atoms with Gasteiger partial charge in [0, 0.05) is 77.2 Å². The fourth-order valence-electron chi connectivity index (χ4n) is 5.90. The average Bonchev–Trinajstić information content (AvgIpc) is 3.74. The largest absolute Gasteiger partial charge is 0.490 e. The topological polar surface area (TPSA) is 98.3 Å². The number of aliphatic hydroxyl groups excluding tert-OH is 1. The molecule has 1 amide bonds. The van der Waals surface area contributed by atoms with Crippen molar-refractivity contribution in [3.05, 3.63) is 84.0 Å². The van der Waals surface area contributed by atoms with Crippen LogP contribution in [0.4, 0.5) is 8.78 Å². The third-order valence-electron chi connectivity index (χ3n) is 7.93. The van der Waals surface area contributed by atoms with Gasteiger partial charge in [-0.15, -0.1) is 11.3 Å². The molecule has 1 aliphatic heterocycles. The number of carbonyl (C=O) groups is 1. The van der Waals surface area contributed by atoms with Crippen molar-refractivity contribution in [3.63, 3.8) is 0 Å². The molecule has 228 valence electrons. The number of aryl methyl sites for hydroxylation is 1. The Hall–Kier alpha value is -4.94. The zero-order chi connectivity index (χ0) is 31.2. The van der Waals surface area contributed by atoms with Crippen molar-refractivity contribution in [3.8, 4) is 39.5 Å².